The molecule has 0 fully saturated rings. The second-order valence-corrected chi connectivity index (χ2v) is 8.37. The summed E-state index contributed by atoms with van der Waals surface area (Å²) in [5, 5.41) is 11.0. The number of rotatable bonds is 5. The molecule has 3 rings (SSSR count). The van der Waals surface area contributed by atoms with E-state index in [9.17, 15) is 23.3 Å². The average molecular weight is 403 g/mol. The number of amides is 1. The molecule has 28 heavy (non-hydrogen) atoms. The molecule has 0 bridgehead atoms. The third-order valence-corrected chi connectivity index (χ3v) is 6.32. The molecule has 2 aromatic carbocycles. The normalized spacial score (nSPS) is 13.7. The molecule has 0 atom stereocenters. The van der Waals surface area contributed by atoms with Crippen LogP contribution in [0.25, 0.3) is 0 Å². The smallest absolute Gasteiger partial charge is 0.270 e. The van der Waals surface area contributed by atoms with E-state index >= 15 is 0 Å². The quantitative estimate of drug-likeness (QED) is 0.610. The number of fused-ring (bicyclic) bond motifs is 1. The highest BCUT2D eigenvalue weighted by Crippen LogP contribution is 2.27. The number of aryl methyl sites for hydroxylation is 1. The van der Waals surface area contributed by atoms with Gasteiger partial charge in [0.1, 0.15) is 0 Å². The zero-order valence-electron chi connectivity index (χ0n) is 15.6. The Balaban J connectivity index is 1.89. The second kappa shape index (κ2) is 7.59. The number of nitro benzene ring substituents is 1. The van der Waals surface area contributed by atoms with E-state index in [-0.39, 0.29) is 16.5 Å². The van der Waals surface area contributed by atoms with E-state index in [1.807, 2.05) is 13.0 Å². The number of non-ortho nitro benzene ring substituents is 1. The van der Waals surface area contributed by atoms with E-state index < -0.39 is 14.9 Å². The summed E-state index contributed by atoms with van der Waals surface area (Å²) < 4.78 is 28.1. The zero-order valence-corrected chi connectivity index (χ0v) is 16.5. The maximum atomic E-state index is 12.8. The Morgan fingerprint density at radius 3 is 2.64 bits per heavy atom. The highest BCUT2D eigenvalue weighted by atomic mass is 32.2. The Morgan fingerprint density at radius 2 is 1.96 bits per heavy atom. The van der Waals surface area contributed by atoms with Crippen LogP contribution in [0.1, 0.15) is 30.0 Å². The third kappa shape index (κ3) is 3.99. The first kappa shape index (κ1) is 19.8. The third-order valence-electron chi connectivity index (χ3n) is 4.80. The van der Waals surface area contributed by atoms with Gasteiger partial charge in [0.15, 0.2) is 0 Å². The lowest BCUT2D eigenvalue weighted by Crippen LogP contribution is -2.35. The Morgan fingerprint density at radius 1 is 1.21 bits per heavy atom. The summed E-state index contributed by atoms with van der Waals surface area (Å²) >= 11 is 0. The van der Waals surface area contributed by atoms with Crippen LogP contribution in [0.2, 0.25) is 0 Å². The van der Waals surface area contributed by atoms with Crippen molar-refractivity contribution in [3.05, 3.63) is 63.2 Å². The maximum absolute atomic E-state index is 12.8. The number of nitrogens with zero attached hydrogens (tertiary/aromatic N) is 2. The molecule has 148 valence electrons. The first-order valence-corrected chi connectivity index (χ1v) is 10.4. The SMILES string of the molecule is CCC(=O)N1CCc2ccc(NS(=O)(=O)c3cc([N+](=O)[O-])ccc3C)cc2C1. The van der Waals surface area contributed by atoms with Gasteiger partial charge in [0, 0.05) is 37.3 Å². The molecule has 9 heteroatoms. The average Bonchev–Trinajstić information content (AvgIpc) is 2.66. The molecule has 1 amide bonds. The number of hydrogen-bond acceptors (Lipinski definition) is 5. The molecule has 1 heterocycles. The number of nitrogens with one attached hydrogen (secondary N) is 1. The van der Waals surface area contributed by atoms with Crippen molar-refractivity contribution < 1.29 is 18.1 Å². The molecule has 0 aliphatic carbocycles. The topological polar surface area (TPSA) is 110 Å². The lowest BCUT2D eigenvalue weighted by Gasteiger charge is -2.29. The van der Waals surface area contributed by atoms with Gasteiger partial charge in [-0.25, -0.2) is 8.42 Å². The van der Waals surface area contributed by atoms with E-state index in [0.717, 1.165) is 23.6 Å². The maximum Gasteiger partial charge on any atom is 0.270 e. The Labute approximate surface area is 163 Å². The van der Waals surface area contributed by atoms with Crippen LogP contribution in [0.3, 0.4) is 0 Å². The summed E-state index contributed by atoms with van der Waals surface area (Å²) in [5.41, 5.74) is 2.45. The molecule has 8 nitrogen and oxygen atoms in total. The lowest BCUT2D eigenvalue weighted by molar-refractivity contribution is -0.385. The van der Waals surface area contributed by atoms with Crippen molar-refractivity contribution in [1.82, 2.24) is 4.90 Å². The van der Waals surface area contributed by atoms with Crippen molar-refractivity contribution in [3.63, 3.8) is 0 Å². The molecular formula is C19H21N3O5S. The summed E-state index contributed by atoms with van der Waals surface area (Å²) in [7, 11) is -4.00. The van der Waals surface area contributed by atoms with E-state index in [0.29, 0.717) is 30.8 Å². The fraction of sp³-hybridized carbons (Fsp3) is 0.316. The van der Waals surface area contributed by atoms with Crippen molar-refractivity contribution >= 4 is 27.3 Å². The number of hydrogen-bond donors (Lipinski definition) is 1. The van der Waals surface area contributed by atoms with Gasteiger partial charge in [-0.05, 0) is 42.2 Å². The molecule has 0 aromatic heterocycles. The fourth-order valence-corrected chi connectivity index (χ4v) is 4.57. The molecule has 1 aliphatic rings. The molecule has 0 radical (unpaired) electrons. The number of carbonyl (C=O) groups is 1. The van der Waals surface area contributed by atoms with Gasteiger partial charge in [-0.2, -0.15) is 0 Å². The van der Waals surface area contributed by atoms with Gasteiger partial charge in [0.25, 0.3) is 15.7 Å². The number of sulfonamides is 1. The van der Waals surface area contributed by atoms with Gasteiger partial charge in [-0.3, -0.25) is 19.6 Å². The Bertz CT molecular complexity index is 1050. The van der Waals surface area contributed by atoms with Crippen molar-refractivity contribution in [2.75, 3.05) is 11.3 Å². The van der Waals surface area contributed by atoms with E-state index in [2.05, 4.69) is 4.72 Å². The van der Waals surface area contributed by atoms with Gasteiger partial charge >= 0.3 is 0 Å². The molecule has 2 aromatic rings. The van der Waals surface area contributed by atoms with Crippen LogP contribution < -0.4 is 4.72 Å². The molecular weight excluding hydrogens is 382 g/mol. The van der Waals surface area contributed by atoms with E-state index in [1.54, 1.807) is 24.0 Å². The van der Waals surface area contributed by atoms with Gasteiger partial charge in [0.2, 0.25) is 5.91 Å². The van der Waals surface area contributed by atoms with Crippen LogP contribution in [-0.2, 0) is 27.8 Å². The van der Waals surface area contributed by atoms with E-state index in [4.69, 9.17) is 0 Å². The Hall–Kier alpha value is -2.94. The molecule has 0 saturated carbocycles. The minimum atomic E-state index is -4.00. The fourth-order valence-electron chi connectivity index (χ4n) is 3.26. The van der Waals surface area contributed by atoms with Crippen LogP contribution in [-0.4, -0.2) is 30.7 Å². The van der Waals surface area contributed by atoms with Gasteiger partial charge < -0.3 is 4.90 Å². The van der Waals surface area contributed by atoms with Crippen LogP contribution in [0.4, 0.5) is 11.4 Å². The van der Waals surface area contributed by atoms with Gasteiger partial charge in [0.05, 0.1) is 9.82 Å². The molecule has 0 saturated heterocycles. The highest BCUT2D eigenvalue weighted by Gasteiger charge is 2.23. The first-order valence-electron chi connectivity index (χ1n) is 8.88. The van der Waals surface area contributed by atoms with Crippen molar-refractivity contribution in [3.8, 4) is 0 Å². The Kier molecular flexibility index (Phi) is 5.37. The molecule has 0 spiro atoms. The van der Waals surface area contributed by atoms with Gasteiger partial charge in [-0.15, -0.1) is 0 Å². The predicted molar refractivity (Wildman–Crippen MR) is 104 cm³/mol. The monoisotopic (exact) mass is 403 g/mol. The second-order valence-electron chi connectivity index (χ2n) is 6.71. The van der Waals surface area contributed by atoms with E-state index in [1.165, 1.54) is 12.1 Å². The molecule has 1 N–H and O–H groups in total. The zero-order chi connectivity index (χ0) is 20.5. The highest BCUT2D eigenvalue weighted by molar-refractivity contribution is 7.92. The van der Waals surface area contributed by atoms with Crippen LogP contribution >= 0.6 is 0 Å². The summed E-state index contributed by atoms with van der Waals surface area (Å²) in [6.45, 7) is 4.48. The number of anilines is 1. The summed E-state index contributed by atoms with van der Waals surface area (Å²) in [4.78, 5) is 23.9. The minimum absolute atomic E-state index is 0.0591. The standard InChI is InChI=1S/C19H21N3O5S/c1-3-19(23)21-9-8-14-5-6-16(10-15(14)12-21)20-28(26,27)18-11-17(22(24)25)7-4-13(18)2/h4-7,10-11,20H,3,8-9,12H2,1-2H3. The summed E-state index contributed by atoms with van der Waals surface area (Å²) in [5.74, 6) is 0.0591. The van der Waals surface area contributed by atoms with Crippen molar-refractivity contribution in [1.29, 1.82) is 0 Å². The van der Waals surface area contributed by atoms with Crippen LogP contribution in [0, 0.1) is 17.0 Å². The molecule has 1 aliphatic heterocycles. The van der Waals surface area contributed by atoms with Crippen molar-refractivity contribution in [2.24, 2.45) is 0 Å². The predicted octanol–water partition coefficient (Wildman–Crippen LogP) is 3.00. The first-order chi connectivity index (χ1) is 13.2. The lowest BCUT2D eigenvalue weighted by atomic mass is 9.99. The number of carbonyl (C=O) groups excluding carboxylic acids is 1. The number of benzene rings is 2. The van der Waals surface area contributed by atoms with Gasteiger partial charge in [-0.1, -0.05) is 19.1 Å². The summed E-state index contributed by atoms with van der Waals surface area (Å²) in [6, 6.07) is 8.97. The van der Waals surface area contributed by atoms with Crippen molar-refractivity contribution in [2.45, 2.75) is 38.1 Å². The largest absolute Gasteiger partial charge is 0.338 e. The van der Waals surface area contributed by atoms with Crippen LogP contribution in [0.5, 0.6) is 0 Å². The minimum Gasteiger partial charge on any atom is -0.338 e. The number of nitro groups is 1. The van der Waals surface area contributed by atoms with Crippen LogP contribution in [0.15, 0.2) is 41.3 Å². The molecule has 0 unspecified atom stereocenters. The summed E-state index contributed by atoms with van der Waals surface area (Å²) in [6.07, 6.45) is 1.14.